The Morgan fingerprint density at radius 2 is 1.95 bits per heavy atom. The summed E-state index contributed by atoms with van der Waals surface area (Å²) in [6.45, 7) is 13.6. The van der Waals surface area contributed by atoms with Crippen molar-refractivity contribution in [2.24, 2.45) is 0 Å². The minimum atomic E-state index is -1.30. The number of pyridine rings is 1. The number of benzene rings is 1. The molecule has 4 rings (SSSR count). The number of hydrogen-bond acceptors (Lipinski definition) is 8. The smallest absolute Gasteiger partial charge is 0.416 e. The summed E-state index contributed by atoms with van der Waals surface area (Å²) in [6.07, 6.45) is 2.42. The SMILES string of the molecule is C=CC(=O)Nc1cc(C(=O)N(CC)CC)cc(-c2cnc([C@H](C)Nc3nccc(N4C(=O)OC[C@@H]4[C@H](C)F)n3)cc2C)c1. The highest BCUT2D eigenvalue weighted by Gasteiger charge is 2.39. The van der Waals surface area contributed by atoms with Gasteiger partial charge in [0.25, 0.3) is 5.91 Å². The number of amides is 3. The van der Waals surface area contributed by atoms with Crippen LogP contribution in [0.1, 0.15) is 55.4 Å². The van der Waals surface area contributed by atoms with Gasteiger partial charge in [0.15, 0.2) is 0 Å². The van der Waals surface area contributed by atoms with Crippen molar-refractivity contribution in [2.75, 3.05) is 35.2 Å². The van der Waals surface area contributed by atoms with Gasteiger partial charge >= 0.3 is 6.09 Å². The molecule has 0 unspecified atom stereocenters. The maximum absolute atomic E-state index is 14.1. The van der Waals surface area contributed by atoms with Gasteiger partial charge in [-0.15, -0.1) is 0 Å². The Morgan fingerprint density at radius 1 is 1.21 bits per heavy atom. The predicted molar refractivity (Wildman–Crippen MR) is 163 cm³/mol. The number of carbonyl (C=O) groups excluding carboxylic acids is 3. The lowest BCUT2D eigenvalue weighted by molar-refractivity contribution is -0.111. The number of alkyl halides is 1. The lowest BCUT2D eigenvalue weighted by Gasteiger charge is -2.22. The van der Waals surface area contributed by atoms with Crippen LogP contribution in [0.3, 0.4) is 0 Å². The van der Waals surface area contributed by atoms with E-state index in [2.05, 4.69) is 32.2 Å². The number of nitrogens with zero attached hydrogens (tertiary/aromatic N) is 5. The molecule has 3 aromatic rings. The van der Waals surface area contributed by atoms with Gasteiger partial charge in [0, 0.05) is 42.3 Å². The summed E-state index contributed by atoms with van der Waals surface area (Å²) in [5.41, 5.74) is 4.02. The van der Waals surface area contributed by atoms with Gasteiger partial charge in [0.1, 0.15) is 24.6 Å². The van der Waals surface area contributed by atoms with Gasteiger partial charge in [-0.05, 0) is 82.2 Å². The Hall–Kier alpha value is -4.87. The monoisotopic (exact) mass is 589 g/mol. The number of rotatable bonds is 11. The van der Waals surface area contributed by atoms with Gasteiger partial charge in [-0.25, -0.2) is 14.2 Å². The zero-order chi connectivity index (χ0) is 31.3. The molecule has 0 radical (unpaired) electrons. The molecule has 43 heavy (non-hydrogen) atoms. The maximum Gasteiger partial charge on any atom is 0.416 e. The van der Waals surface area contributed by atoms with Crippen LogP contribution in [0.4, 0.5) is 26.6 Å². The first-order valence-corrected chi connectivity index (χ1v) is 14.1. The minimum Gasteiger partial charge on any atom is -0.447 e. The molecule has 1 fully saturated rings. The first-order valence-electron chi connectivity index (χ1n) is 14.1. The highest BCUT2D eigenvalue weighted by atomic mass is 19.1. The summed E-state index contributed by atoms with van der Waals surface area (Å²) in [4.78, 5) is 53.7. The van der Waals surface area contributed by atoms with Gasteiger partial charge in [-0.2, -0.15) is 4.98 Å². The number of hydrogen-bond donors (Lipinski definition) is 2. The Labute approximate surface area is 250 Å². The highest BCUT2D eigenvalue weighted by molar-refractivity contribution is 6.02. The highest BCUT2D eigenvalue weighted by Crippen LogP contribution is 2.30. The summed E-state index contributed by atoms with van der Waals surface area (Å²) in [7, 11) is 0. The molecule has 12 heteroatoms. The normalized spacial score (nSPS) is 15.8. The van der Waals surface area contributed by atoms with E-state index < -0.39 is 18.3 Å². The number of aryl methyl sites for hydroxylation is 1. The number of anilines is 3. The van der Waals surface area contributed by atoms with E-state index in [1.807, 2.05) is 33.8 Å². The lowest BCUT2D eigenvalue weighted by Crippen LogP contribution is -2.39. The van der Waals surface area contributed by atoms with E-state index in [1.54, 1.807) is 29.3 Å². The van der Waals surface area contributed by atoms with Crippen molar-refractivity contribution in [3.8, 4) is 11.1 Å². The molecule has 0 spiro atoms. The molecule has 1 aliphatic rings. The average Bonchev–Trinajstić information content (AvgIpc) is 3.39. The minimum absolute atomic E-state index is 0.0517. The van der Waals surface area contributed by atoms with Crippen LogP contribution in [-0.2, 0) is 9.53 Å². The molecule has 1 aromatic carbocycles. The summed E-state index contributed by atoms with van der Waals surface area (Å²) in [5, 5.41) is 5.95. The molecule has 3 heterocycles. The van der Waals surface area contributed by atoms with E-state index in [1.165, 1.54) is 30.2 Å². The second-order valence-corrected chi connectivity index (χ2v) is 10.2. The van der Waals surface area contributed by atoms with E-state index in [9.17, 15) is 18.8 Å². The number of halogens is 1. The van der Waals surface area contributed by atoms with Crippen molar-refractivity contribution in [3.63, 3.8) is 0 Å². The van der Waals surface area contributed by atoms with E-state index in [0.29, 0.717) is 30.0 Å². The van der Waals surface area contributed by atoms with Crippen LogP contribution in [-0.4, -0.2) is 69.7 Å². The van der Waals surface area contributed by atoms with Crippen molar-refractivity contribution < 1.29 is 23.5 Å². The molecule has 226 valence electrons. The second-order valence-electron chi connectivity index (χ2n) is 10.2. The van der Waals surface area contributed by atoms with Crippen LogP contribution in [0.5, 0.6) is 0 Å². The molecule has 0 bridgehead atoms. The van der Waals surface area contributed by atoms with Crippen LogP contribution in [0.2, 0.25) is 0 Å². The summed E-state index contributed by atoms with van der Waals surface area (Å²) < 4.78 is 19.1. The van der Waals surface area contributed by atoms with Crippen LogP contribution >= 0.6 is 0 Å². The fourth-order valence-corrected chi connectivity index (χ4v) is 4.84. The van der Waals surface area contributed by atoms with Crippen LogP contribution in [0, 0.1) is 6.92 Å². The van der Waals surface area contributed by atoms with Gasteiger partial charge in [0.05, 0.1) is 11.7 Å². The van der Waals surface area contributed by atoms with Crippen molar-refractivity contribution in [2.45, 2.75) is 52.9 Å². The summed E-state index contributed by atoms with van der Waals surface area (Å²) in [5.74, 6) is -0.0489. The van der Waals surface area contributed by atoms with E-state index in [-0.39, 0.29) is 36.2 Å². The molecule has 1 saturated heterocycles. The van der Waals surface area contributed by atoms with E-state index >= 15 is 0 Å². The molecule has 3 amide bonds. The maximum atomic E-state index is 14.1. The molecule has 2 N–H and O–H groups in total. The molecule has 2 aromatic heterocycles. The molecular formula is C31H36FN7O4. The van der Waals surface area contributed by atoms with Gasteiger partial charge in [-0.3, -0.25) is 19.5 Å². The Kier molecular flexibility index (Phi) is 9.69. The third kappa shape index (κ3) is 6.96. The first-order chi connectivity index (χ1) is 20.6. The first kappa shape index (κ1) is 31.1. The lowest BCUT2D eigenvalue weighted by atomic mass is 9.98. The Morgan fingerprint density at radius 3 is 2.60 bits per heavy atom. The van der Waals surface area contributed by atoms with Crippen molar-refractivity contribution in [1.82, 2.24) is 19.9 Å². The summed E-state index contributed by atoms with van der Waals surface area (Å²) in [6, 6.07) is 7.58. The number of ether oxygens (including phenoxy) is 1. The molecule has 3 atom stereocenters. The third-order valence-corrected chi connectivity index (χ3v) is 7.24. The summed E-state index contributed by atoms with van der Waals surface area (Å²) >= 11 is 0. The Bertz CT molecular complexity index is 1530. The molecular weight excluding hydrogens is 553 g/mol. The molecule has 0 aliphatic carbocycles. The van der Waals surface area contributed by atoms with Gasteiger partial charge in [-0.1, -0.05) is 6.58 Å². The zero-order valence-electron chi connectivity index (χ0n) is 24.9. The largest absolute Gasteiger partial charge is 0.447 e. The fraction of sp³-hybridized carbons (Fsp3) is 0.355. The number of cyclic esters (lactones) is 1. The standard InChI is InChI=1S/C31H36FN7O4/c1-7-28(40)36-23-14-21(13-22(15-23)29(41)38(8-2)9-3)24-16-34-25(12-18(24)4)20(6)35-30-33-11-10-27(37-30)39-26(19(5)32)17-43-31(39)42/h7,10-16,19-20,26H,1,8-9,17H2,2-6H3,(H,36,40)(H,33,35,37)/t19-,20-,26+/m0/s1. The van der Waals surface area contributed by atoms with Crippen molar-refractivity contribution >= 4 is 35.4 Å². The quantitative estimate of drug-likeness (QED) is 0.288. The van der Waals surface area contributed by atoms with Crippen molar-refractivity contribution in [1.29, 1.82) is 0 Å². The number of carbonyl (C=O) groups is 3. The van der Waals surface area contributed by atoms with Crippen LogP contribution in [0.15, 0.2) is 55.4 Å². The second kappa shape index (κ2) is 13.4. The number of nitrogens with one attached hydrogen (secondary N) is 2. The third-order valence-electron chi connectivity index (χ3n) is 7.24. The average molecular weight is 590 g/mol. The van der Waals surface area contributed by atoms with E-state index in [4.69, 9.17) is 4.74 Å². The zero-order valence-corrected chi connectivity index (χ0v) is 24.9. The molecule has 0 saturated carbocycles. The molecule has 1 aliphatic heterocycles. The number of aromatic nitrogens is 3. The van der Waals surface area contributed by atoms with Gasteiger partial charge < -0.3 is 20.3 Å². The predicted octanol–water partition coefficient (Wildman–Crippen LogP) is 5.31. The van der Waals surface area contributed by atoms with Crippen LogP contribution in [0.25, 0.3) is 11.1 Å². The van der Waals surface area contributed by atoms with Crippen molar-refractivity contribution in [3.05, 3.63) is 72.2 Å². The van der Waals surface area contributed by atoms with Gasteiger partial charge in [0.2, 0.25) is 11.9 Å². The Balaban J connectivity index is 1.60. The van der Waals surface area contributed by atoms with Crippen LogP contribution < -0.4 is 15.5 Å². The van der Waals surface area contributed by atoms with E-state index in [0.717, 1.165) is 16.7 Å². The fourth-order valence-electron chi connectivity index (χ4n) is 4.84. The topological polar surface area (TPSA) is 130 Å². The molecule has 11 nitrogen and oxygen atoms in total.